The summed E-state index contributed by atoms with van der Waals surface area (Å²) in [6.07, 6.45) is 3.64. The molecule has 16 heteroatoms. The van der Waals surface area contributed by atoms with E-state index in [2.05, 4.69) is 87.1 Å². The molecular weight excluding hydrogens is 844 g/mol. The second-order valence-corrected chi connectivity index (χ2v) is 14.2. The highest BCUT2D eigenvalue weighted by Crippen LogP contribution is 2.47. The van der Waals surface area contributed by atoms with Crippen molar-refractivity contribution in [3.05, 3.63) is 92.1 Å². The van der Waals surface area contributed by atoms with E-state index in [1.165, 1.54) is 0 Å². The average Bonchev–Trinajstić information content (AvgIpc) is 3.71. The lowest BCUT2D eigenvalue weighted by molar-refractivity contribution is 0.397. The first-order valence-electron chi connectivity index (χ1n) is 15.9. The summed E-state index contributed by atoms with van der Waals surface area (Å²) < 4.78 is 25.5. The van der Waals surface area contributed by atoms with E-state index in [9.17, 15) is 0 Å². The maximum absolute atomic E-state index is 6.00. The Labute approximate surface area is 332 Å². The minimum absolute atomic E-state index is 0.0324. The topological polar surface area (TPSA) is 169 Å². The van der Waals surface area contributed by atoms with Gasteiger partial charge in [0, 0.05) is 50.0 Å². The molecule has 272 valence electrons. The van der Waals surface area contributed by atoms with Gasteiger partial charge < -0.3 is 40.4 Å². The summed E-state index contributed by atoms with van der Waals surface area (Å²) in [6.45, 7) is 0. The van der Waals surface area contributed by atoms with Gasteiger partial charge in [-0.05, 0) is 59.8 Å². The summed E-state index contributed by atoms with van der Waals surface area (Å²) in [5.74, 6) is 2.28. The van der Waals surface area contributed by atoms with E-state index in [0.717, 1.165) is 64.4 Å². The molecule has 0 saturated heterocycles. The highest BCUT2D eigenvalue weighted by Gasteiger charge is 2.27. The number of ether oxygens (including phenoxy) is 4. The van der Waals surface area contributed by atoms with Crippen LogP contribution in [0.3, 0.4) is 0 Å². The maximum Gasteiger partial charge on any atom is 0.184 e. The number of methoxy groups -OCH3 is 4. The summed E-state index contributed by atoms with van der Waals surface area (Å²) in [4.78, 5) is 7.45. The molecule has 53 heavy (non-hydrogen) atoms. The number of hydrazone groups is 2. The van der Waals surface area contributed by atoms with E-state index in [0.29, 0.717) is 40.5 Å². The van der Waals surface area contributed by atoms with Crippen LogP contribution in [-0.2, 0) is 6.42 Å². The number of thiocarbonyl (C=S) groups is 2. The Kier molecular flexibility index (Phi) is 11.5. The van der Waals surface area contributed by atoms with Crippen molar-refractivity contribution in [2.45, 2.75) is 6.42 Å². The number of hydrogen-bond donors (Lipinski definition) is 6. The molecule has 2 aromatic heterocycles. The second kappa shape index (κ2) is 16.2. The molecule has 0 aliphatic heterocycles. The Bertz CT molecular complexity index is 2240. The fraction of sp³-hybridized carbons (Fsp3) is 0.135. The first-order valence-corrected chi connectivity index (χ1v) is 18.3. The molecule has 0 bridgehead atoms. The van der Waals surface area contributed by atoms with Crippen LogP contribution in [-0.4, -0.2) is 61.1 Å². The van der Waals surface area contributed by atoms with Crippen molar-refractivity contribution in [1.82, 2.24) is 20.8 Å². The van der Waals surface area contributed by atoms with Crippen LogP contribution in [0.4, 0.5) is 0 Å². The molecule has 6 aromatic rings. The molecule has 0 atom stereocenters. The monoisotopic (exact) mass is 876 g/mol. The van der Waals surface area contributed by atoms with Gasteiger partial charge in [0.15, 0.2) is 10.2 Å². The normalized spacial score (nSPS) is 11.4. The van der Waals surface area contributed by atoms with E-state index in [1.54, 1.807) is 40.9 Å². The van der Waals surface area contributed by atoms with Gasteiger partial charge in [0.2, 0.25) is 0 Å². The van der Waals surface area contributed by atoms with Gasteiger partial charge in [-0.2, -0.15) is 10.2 Å². The third-order valence-electron chi connectivity index (χ3n) is 8.48. The van der Waals surface area contributed by atoms with Crippen molar-refractivity contribution >= 4 is 101 Å². The van der Waals surface area contributed by atoms with Crippen molar-refractivity contribution < 1.29 is 18.9 Å². The van der Waals surface area contributed by atoms with Crippen molar-refractivity contribution in [1.29, 1.82) is 0 Å². The zero-order valence-corrected chi connectivity index (χ0v) is 33.7. The molecule has 8 N–H and O–H groups in total. The van der Waals surface area contributed by atoms with Gasteiger partial charge >= 0.3 is 0 Å². The van der Waals surface area contributed by atoms with Gasteiger partial charge in [0.05, 0.1) is 73.8 Å². The average molecular weight is 879 g/mol. The van der Waals surface area contributed by atoms with E-state index < -0.39 is 0 Å². The molecule has 2 heterocycles. The van der Waals surface area contributed by atoms with Crippen molar-refractivity contribution in [2.75, 3.05) is 28.4 Å². The standard InChI is InChI=1S/C37H34Br2N8O4S2/c1-48-26-14-28(50-3)32-30(18-5-9-20(38)10-6-18)24(44-34(32)22(26)16-42-46-36(40)52)13-25-31(19-7-11-21(39)12-8-19)33-29(51-4)15-27(49-2)23(35(33)45-25)17-43-47-37(41)53/h5-12,14-17,44-45H,13H2,1-4H3,(H3,40,46,52)(H3,41,47,53)/b42-16+,43-17+. The van der Waals surface area contributed by atoms with Crippen LogP contribution in [0, 0.1) is 0 Å². The predicted octanol–water partition coefficient (Wildman–Crippen LogP) is 7.47. The number of nitrogens with two attached hydrogens (primary N) is 2. The Balaban J connectivity index is 1.70. The first kappa shape index (κ1) is 37.6. The quantitative estimate of drug-likeness (QED) is 0.0412. The third-order valence-corrected chi connectivity index (χ3v) is 9.72. The largest absolute Gasteiger partial charge is 0.496 e. The minimum atomic E-state index is 0.0324. The Hall–Kier alpha value is -5.16. The fourth-order valence-electron chi connectivity index (χ4n) is 6.33. The lowest BCUT2D eigenvalue weighted by Gasteiger charge is -2.12. The van der Waals surface area contributed by atoms with Gasteiger partial charge in [0.1, 0.15) is 23.0 Å². The molecular formula is C37H34Br2N8O4S2. The number of halogens is 2. The smallest absolute Gasteiger partial charge is 0.184 e. The number of hydrogen-bond acceptors (Lipinski definition) is 8. The van der Waals surface area contributed by atoms with E-state index in [1.807, 2.05) is 36.4 Å². The summed E-state index contributed by atoms with van der Waals surface area (Å²) in [5.41, 5.74) is 25.0. The van der Waals surface area contributed by atoms with Crippen molar-refractivity contribution in [2.24, 2.45) is 21.7 Å². The molecule has 0 aliphatic carbocycles. The molecule has 0 radical (unpaired) electrons. The van der Waals surface area contributed by atoms with E-state index >= 15 is 0 Å². The molecule has 0 unspecified atom stereocenters. The van der Waals surface area contributed by atoms with Crippen LogP contribution < -0.4 is 41.3 Å². The van der Waals surface area contributed by atoms with Gasteiger partial charge in [-0.3, -0.25) is 10.9 Å². The maximum atomic E-state index is 6.00. The van der Waals surface area contributed by atoms with Gasteiger partial charge in [-0.15, -0.1) is 0 Å². The summed E-state index contributed by atoms with van der Waals surface area (Å²) in [5, 5.41) is 10.3. The summed E-state index contributed by atoms with van der Waals surface area (Å²) in [7, 11) is 6.44. The predicted molar refractivity (Wildman–Crippen MR) is 227 cm³/mol. The lowest BCUT2D eigenvalue weighted by Crippen LogP contribution is -2.24. The van der Waals surface area contributed by atoms with Gasteiger partial charge in [-0.25, -0.2) is 0 Å². The van der Waals surface area contributed by atoms with Crippen molar-refractivity contribution in [3.63, 3.8) is 0 Å². The minimum Gasteiger partial charge on any atom is -0.496 e. The molecule has 6 rings (SSSR count). The summed E-state index contributed by atoms with van der Waals surface area (Å²) in [6, 6.07) is 19.9. The SMILES string of the molecule is COc1cc(OC)c2c(-c3ccc(Br)cc3)c(Cc3[nH]c4c(/C=N/NC(N)=S)c(OC)cc(OC)c4c3-c3ccc(Br)cc3)[nH]c2c1/C=N/NC(N)=S. The number of nitrogens with zero attached hydrogens (tertiary/aromatic N) is 2. The number of benzene rings is 4. The molecule has 4 aromatic carbocycles. The number of H-pyrrole nitrogens is 2. The highest BCUT2D eigenvalue weighted by atomic mass is 79.9. The number of rotatable bonds is 12. The van der Waals surface area contributed by atoms with Gasteiger partial charge in [-0.1, -0.05) is 56.1 Å². The zero-order chi connectivity index (χ0) is 37.8. The zero-order valence-electron chi connectivity index (χ0n) is 28.9. The van der Waals surface area contributed by atoms with Crippen LogP contribution in [0.1, 0.15) is 22.5 Å². The Morgan fingerprint density at radius 2 is 1.00 bits per heavy atom. The Morgan fingerprint density at radius 3 is 1.32 bits per heavy atom. The molecule has 0 amide bonds. The summed E-state index contributed by atoms with van der Waals surface area (Å²) >= 11 is 17.2. The molecule has 0 aliphatic rings. The molecule has 0 saturated carbocycles. The molecule has 0 spiro atoms. The van der Waals surface area contributed by atoms with E-state index in [-0.39, 0.29) is 10.2 Å². The van der Waals surface area contributed by atoms with Crippen LogP contribution in [0.2, 0.25) is 0 Å². The van der Waals surface area contributed by atoms with Crippen LogP contribution in [0.15, 0.2) is 79.8 Å². The third kappa shape index (κ3) is 7.67. The highest BCUT2D eigenvalue weighted by molar-refractivity contribution is 9.10. The number of nitrogens with one attached hydrogen (secondary N) is 4. The molecule has 0 fully saturated rings. The Morgan fingerprint density at radius 1 is 0.642 bits per heavy atom. The first-order chi connectivity index (χ1) is 25.6. The van der Waals surface area contributed by atoms with Crippen molar-refractivity contribution in [3.8, 4) is 45.3 Å². The lowest BCUT2D eigenvalue weighted by atomic mass is 9.95. The van der Waals surface area contributed by atoms with Crippen LogP contribution in [0.25, 0.3) is 44.1 Å². The van der Waals surface area contributed by atoms with Gasteiger partial charge in [0.25, 0.3) is 0 Å². The molecule has 12 nitrogen and oxygen atoms in total. The number of aromatic amines is 2. The second-order valence-electron chi connectivity index (χ2n) is 11.5. The van der Waals surface area contributed by atoms with Crippen LogP contribution in [0.5, 0.6) is 23.0 Å². The number of aromatic nitrogens is 2. The van der Waals surface area contributed by atoms with E-state index in [4.69, 9.17) is 54.9 Å². The van der Waals surface area contributed by atoms with Crippen LogP contribution >= 0.6 is 56.3 Å². The number of fused-ring (bicyclic) bond motifs is 2. The fourth-order valence-corrected chi connectivity index (χ4v) is 6.97.